The van der Waals surface area contributed by atoms with Gasteiger partial charge in [0.15, 0.2) is 5.75 Å². The molecule has 12 heavy (non-hydrogen) atoms. The quantitative estimate of drug-likeness (QED) is 0.582. The van der Waals surface area contributed by atoms with Gasteiger partial charge in [-0.25, -0.2) is 0 Å². The first-order valence-corrected chi connectivity index (χ1v) is 3.82. The van der Waals surface area contributed by atoms with Crippen molar-refractivity contribution >= 4 is 0 Å². The van der Waals surface area contributed by atoms with Gasteiger partial charge < -0.3 is 4.74 Å². The maximum Gasteiger partial charge on any atom is 0.268 e. The zero-order valence-corrected chi connectivity index (χ0v) is 7.72. The summed E-state index contributed by atoms with van der Waals surface area (Å²) in [5, 5.41) is 0. The SMILES string of the molecule is Cc1c(OC(C)(C)C)c(=O)c1=O. The van der Waals surface area contributed by atoms with Gasteiger partial charge in [0, 0.05) is 5.56 Å². The van der Waals surface area contributed by atoms with Crippen molar-refractivity contribution in [1.29, 1.82) is 0 Å². The molecule has 0 bridgehead atoms. The lowest BCUT2D eigenvalue weighted by Crippen LogP contribution is -2.39. The van der Waals surface area contributed by atoms with Gasteiger partial charge in [-0.3, -0.25) is 9.59 Å². The van der Waals surface area contributed by atoms with E-state index in [2.05, 4.69) is 0 Å². The molecule has 0 aromatic heterocycles. The van der Waals surface area contributed by atoms with Crippen LogP contribution < -0.4 is 15.6 Å². The third-order valence-electron chi connectivity index (χ3n) is 1.50. The van der Waals surface area contributed by atoms with Crippen LogP contribution in [0.3, 0.4) is 0 Å². The van der Waals surface area contributed by atoms with E-state index in [1.54, 1.807) is 6.92 Å². The number of hydrogen-bond donors (Lipinski definition) is 0. The topological polar surface area (TPSA) is 43.4 Å². The normalized spacial score (nSPS) is 12.0. The monoisotopic (exact) mass is 168 g/mol. The molecule has 0 radical (unpaired) electrons. The zero-order chi connectivity index (χ0) is 9.52. The molecular formula is C9H12O3. The van der Waals surface area contributed by atoms with Crippen molar-refractivity contribution in [3.05, 3.63) is 26.0 Å². The second-order valence-corrected chi connectivity index (χ2v) is 3.83. The lowest BCUT2D eigenvalue weighted by Gasteiger charge is -2.22. The molecule has 66 valence electrons. The molecule has 0 atom stereocenters. The molecule has 0 N–H and O–H groups in total. The van der Waals surface area contributed by atoms with E-state index in [1.807, 2.05) is 20.8 Å². The summed E-state index contributed by atoms with van der Waals surface area (Å²) in [6.07, 6.45) is 0. The molecule has 0 heterocycles. The van der Waals surface area contributed by atoms with Gasteiger partial charge in [0.1, 0.15) is 5.60 Å². The Morgan fingerprint density at radius 1 is 1.08 bits per heavy atom. The van der Waals surface area contributed by atoms with Gasteiger partial charge in [0.2, 0.25) is 5.43 Å². The van der Waals surface area contributed by atoms with Crippen molar-refractivity contribution in [2.75, 3.05) is 0 Å². The molecule has 1 aromatic carbocycles. The van der Waals surface area contributed by atoms with Crippen LogP contribution in [0, 0.1) is 6.92 Å². The minimum Gasteiger partial charge on any atom is -0.483 e. The van der Waals surface area contributed by atoms with Gasteiger partial charge in [0.25, 0.3) is 5.43 Å². The highest BCUT2D eigenvalue weighted by atomic mass is 16.5. The van der Waals surface area contributed by atoms with Crippen molar-refractivity contribution in [2.45, 2.75) is 33.3 Å². The molecule has 0 unspecified atom stereocenters. The van der Waals surface area contributed by atoms with Crippen LogP contribution in [0.2, 0.25) is 0 Å². The van der Waals surface area contributed by atoms with Crippen LogP contribution in [-0.2, 0) is 0 Å². The molecule has 0 aliphatic carbocycles. The number of rotatable bonds is 1. The van der Waals surface area contributed by atoms with Gasteiger partial charge in [-0.2, -0.15) is 0 Å². The number of ether oxygens (including phenoxy) is 1. The molecule has 0 spiro atoms. The molecule has 1 rings (SSSR count). The standard InChI is InChI=1S/C9H12O3/c1-5-6(10)7(11)8(5)12-9(2,3)4/h1-4H3. The van der Waals surface area contributed by atoms with Crippen molar-refractivity contribution < 1.29 is 4.74 Å². The Labute approximate surface area is 70.7 Å². The minimum absolute atomic E-state index is 0.229. The molecule has 3 nitrogen and oxygen atoms in total. The Hall–Kier alpha value is -1.12. The average Bonchev–Trinajstić information content (AvgIpc) is 1.96. The molecule has 0 fully saturated rings. The highest BCUT2D eigenvalue weighted by Gasteiger charge is 2.23. The lowest BCUT2D eigenvalue weighted by molar-refractivity contribution is 0.126. The second-order valence-electron chi connectivity index (χ2n) is 3.83. The smallest absolute Gasteiger partial charge is 0.268 e. The molecule has 1 aromatic rings. The maximum atomic E-state index is 10.9. The van der Waals surface area contributed by atoms with Crippen molar-refractivity contribution in [1.82, 2.24) is 0 Å². The molecule has 0 saturated heterocycles. The summed E-state index contributed by atoms with van der Waals surface area (Å²) in [5.41, 5.74) is -0.890. The van der Waals surface area contributed by atoms with Crippen LogP contribution in [0.25, 0.3) is 0 Å². The van der Waals surface area contributed by atoms with E-state index < -0.39 is 16.5 Å². The summed E-state index contributed by atoms with van der Waals surface area (Å²) in [5.74, 6) is 0.229. The largest absolute Gasteiger partial charge is 0.483 e. The van der Waals surface area contributed by atoms with Gasteiger partial charge in [-0.15, -0.1) is 0 Å². The zero-order valence-electron chi connectivity index (χ0n) is 7.72. The van der Waals surface area contributed by atoms with Gasteiger partial charge in [0.05, 0.1) is 0 Å². The number of hydrogen-bond acceptors (Lipinski definition) is 3. The average molecular weight is 168 g/mol. The van der Waals surface area contributed by atoms with E-state index in [4.69, 9.17) is 4.74 Å². The summed E-state index contributed by atoms with van der Waals surface area (Å²) >= 11 is 0. The summed E-state index contributed by atoms with van der Waals surface area (Å²) in [6, 6.07) is 0. The van der Waals surface area contributed by atoms with Crippen molar-refractivity contribution in [3.8, 4) is 5.75 Å². The van der Waals surface area contributed by atoms with Gasteiger partial charge >= 0.3 is 0 Å². The fourth-order valence-corrected chi connectivity index (χ4v) is 0.913. The van der Waals surface area contributed by atoms with E-state index in [-0.39, 0.29) is 5.75 Å². The Bertz CT molecular complexity index is 361. The summed E-state index contributed by atoms with van der Waals surface area (Å²) in [4.78, 5) is 21.7. The Kier molecular flexibility index (Phi) is 1.82. The fourth-order valence-electron chi connectivity index (χ4n) is 0.913. The van der Waals surface area contributed by atoms with Crippen molar-refractivity contribution in [3.63, 3.8) is 0 Å². The van der Waals surface area contributed by atoms with E-state index in [0.717, 1.165) is 0 Å². The predicted octanol–water partition coefficient (Wildman–Crippen LogP) is 0.768. The second kappa shape index (κ2) is 2.44. The first kappa shape index (κ1) is 8.97. The third kappa shape index (κ3) is 1.40. The van der Waals surface area contributed by atoms with Crippen LogP contribution in [0.4, 0.5) is 0 Å². The van der Waals surface area contributed by atoms with Crippen LogP contribution in [0.5, 0.6) is 5.75 Å². The first-order valence-electron chi connectivity index (χ1n) is 3.82. The van der Waals surface area contributed by atoms with Crippen LogP contribution >= 0.6 is 0 Å². The highest BCUT2D eigenvalue weighted by molar-refractivity contribution is 5.38. The van der Waals surface area contributed by atoms with E-state index in [0.29, 0.717) is 5.56 Å². The van der Waals surface area contributed by atoms with Crippen LogP contribution in [0.1, 0.15) is 26.3 Å². The molecule has 0 aliphatic rings. The Morgan fingerprint density at radius 3 is 1.92 bits per heavy atom. The Balaban J connectivity index is 2.95. The summed E-state index contributed by atoms with van der Waals surface area (Å²) < 4.78 is 5.28. The molecule has 0 aliphatic heterocycles. The fraction of sp³-hybridized carbons (Fsp3) is 0.556. The van der Waals surface area contributed by atoms with E-state index in [9.17, 15) is 9.59 Å². The summed E-state index contributed by atoms with van der Waals surface area (Å²) in [7, 11) is 0. The third-order valence-corrected chi connectivity index (χ3v) is 1.50. The first-order chi connectivity index (χ1) is 5.33. The molecule has 0 amide bonds. The minimum atomic E-state index is -0.498. The lowest BCUT2D eigenvalue weighted by atomic mass is 10.1. The van der Waals surface area contributed by atoms with Gasteiger partial charge in [-0.1, -0.05) is 0 Å². The molecule has 0 saturated carbocycles. The Morgan fingerprint density at radius 2 is 1.58 bits per heavy atom. The maximum absolute atomic E-state index is 10.9. The summed E-state index contributed by atoms with van der Waals surface area (Å²) in [6.45, 7) is 7.11. The van der Waals surface area contributed by atoms with Crippen LogP contribution in [-0.4, -0.2) is 5.60 Å². The molecule has 3 heteroatoms. The highest BCUT2D eigenvalue weighted by Crippen LogP contribution is 2.16. The van der Waals surface area contributed by atoms with Crippen LogP contribution in [0.15, 0.2) is 9.59 Å². The van der Waals surface area contributed by atoms with E-state index >= 15 is 0 Å². The van der Waals surface area contributed by atoms with Crippen molar-refractivity contribution in [2.24, 2.45) is 0 Å². The van der Waals surface area contributed by atoms with E-state index in [1.165, 1.54) is 0 Å². The molecular weight excluding hydrogens is 156 g/mol. The van der Waals surface area contributed by atoms with Gasteiger partial charge in [-0.05, 0) is 27.7 Å². The predicted molar refractivity (Wildman–Crippen MR) is 46.5 cm³/mol.